The molecule has 0 aliphatic heterocycles. The number of hydrogen-bond acceptors (Lipinski definition) is 3. The third kappa shape index (κ3) is 4.66. The van der Waals surface area contributed by atoms with Crippen LogP contribution in [-0.2, 0) is 11.0 Å². The van der Waals surface area contributed by atoms with Crippen molar-refractivity contribution in [2.45, 2.75) is 6.18 Å². The van der Waals surface area contributed by atoms with Crippen LogP contribution in [0.1, 0.15) is 15.9 Å². The van der Waals surface area contributed by atoms with Gasteiger partial charge in [-0.1, -0.05) is 24.4 Å². The molecule has 1 aromatic carbocycles. The van der Waals surface area contributed by atoms with E-state index in [1.807, 2.05) is 0 Å². The fourth-order valence-corrected chi connectivity index (χ4v) is 2.34. The van der Waals surface area contributed by atoms with Gasteiger partial charge >= 0.3 is 6.18 Å². The standard InChI is InChI=1S/C16H14F3N3O2S/c1-22(15(24)10-5-4-8-20-14(10)25)9-13(23)21-12-7-3-2-6-11(12)16(17,18)19/h2-8H,9H2,1H3,(H,20,25)(H,21,23). The molecule has 0 bridgehead atoms. The maximum absolute atomic E-state index is 12.9. The van der Waals surface area contributed by atoms with E-state index in [1.165, 1.54) is 25.2 Å². The van der Waals surface area contributed by atoms with Crippen LogP contribution in [0.15, 0.2) is 42.6 Å². The average molecular weight is 369 g/mol. The molecule has 2 amide bonds. The molecule has 25 heavy (non-hydrogen) atoms. The van der Waals surface area contributed by atoms with Gasteiger partial charge in [0.2, 0.25) is 5.91 Å². The van der Waals surface area contributed by atoms with Crippen LogP contribution in [0.4, 0.5) is 18.9 Å². The number of hydrogen-bond donors (Lipinski definition) is 2. The van der Waals surface area contributed by atoms with E-state index >= 15 is 0 Å². The van der Waals surface area contributed by atoms with Crippen molar-refractivity contribution in [1.82, 2.24) is 9.88 Å². The summed E-state index contributed by atoms with van der Waals surface area (Å²) in [5.74, 6) is -1.26. The molecular weight excluding hydrogens is 355 g/mol. The molecule has 0 aliphatic carbocycles. The van der Waals surface area contributed by atoms with Gasteiger partial charge in [-0.25, -0.2) is 0 Å². The minimum atomic E-state index is -4.59. The zero-order valence-corrected chi connectivity index (χ0v) is 13.9. The summed E-state index contributed by atoms with van der Waals surface area (Å²) in [5, 5.41) is 2.18. The summed E-state index contributed by atoms with van der Waals surface area (Å²) in [6, 6.07) is 7.70. The number of carbonyl (C=O) groups is 2. The number of likely N-dealkylation sites (N-methyl/N-ethyl adjacent to an activating group) is 1. The van der Waals surface area contributed by atoms with Crippen molar-refractivity contribution >= 4 is 29.7 Å². The lowest BCUT2D eigenvalue weighted by molar-refractivity contribution is -0.137. The molecule has 0 aliphatic rings. The Bertz CT molecular complexity index is 849. The van der Waals surface area contributed by atoms with Gasteiger partial charge < -0.3 is 15.2 Å². The van der Waals surface area contributed by atoms with Crippen molar-refractivity contribution in [3.8, 4) is 0 Å². The predicted octanol–water partition coefficient (Wildman–Crippen LogP) is 3.47. The number of halogens is 3. The number of benzene rings is 1. The predicted molar refractivity (Wildman–Crippen MR) is 88.7 cm³/mol. The Morgan fingerprint density at radius 3 is 2.52 bits per heavy atom. The average Bonchev–Trinajstić information content (AvgIpc) is 2.54. The SMILES string of the molecule is CN(CC(=O)Nc1ccccc1C(F)(F)F)C(=O)c1ccc[nH]c1=S. The van der Waals surface area contributed by atoms with Crippen molar-refractivity contribution < 1.29 is 22.8 Å². The number of amides is 2. The lowest BCUT2D eigenvalue weighted by Crippen LogP contribution is -2.35. The monoisotopic (exact) mass is 369 g/mol. The van der Waals surface area contributed by atoms with Crippen molar-refractivity contribution in [1.29, 1.82) is 0 Å². The van der Waals surface area contributed by atoms with Gasteiger partial charge in [-0.15, -0.1) is 0 Å². The first-order valence-corrected chi connectivity index (χ1v) is 7.50. The van der Waals surface area contributed by atoms with Crippen LogP contribution >= 0.6 is 12.2 Å². The summed E-state index contributed by atoms with van der Waals surface area (Å²) >= 11 is 5.00. The van der Waals surface area contributed by atoms with Gasteiger partial charge in [-0.2, -0.15) is 13.2 Å². The molecule has 0 fully saturated rings. The first-order chi connectivity index (χ1) is 11.7. The Balaban J connectivity index is 2.10. The lowest BCUT2D eigenvalue weighted by Gasteiger charge is -2.18. The molecule has 0 atom stereocenters. The molecule has 5 nitrogen and oxygen atoms in total. The number of anilines is 1. The maximum atomic E-state index is 12.9. The lowest BCUT2D eigenvalue weighted by atomic mass is 10.1. The van der Waals surface area contributed by atoms with E-state index in [0.717, 1.165) is 17.0 Å². The second-order valence-corrected chi connectivity index (χ2v) is 5.57. The van der Waals surface area contributed by atoms with Crippen LogP contribution in [-0.4, -0.2) is 35.3 Å². The Morgan fingerprint density at radius 1 is 1.20 bits per heavy atom. The second kappa shape index (κ2) is 7.47. The van der Waals surface area contributed by atoms with Crippen LogP contribution in [0.2, 0.25) is 0 Å². The zero-order valence-electron chi connectivity index (χ0n) is 13.1. The van der Waals surface area contributed by atoms with Gasteiger partial charge in [0.25, 0.3) is 5.91 Å². The van der Waals surface area contributed by atoms with Gasteiger partial charge in [-0.3, -0.25) is 9.59 Å². The van der Waals surface area contributed by atoms with Gasteiger partial charge in [0.15, 0.2) is 0 Å². The highest BCUT2D eigenvalue weighted by Gasteiger charge is 2.33. The molecule has 0 saturated carbocycles. The number of carbonyl (C=O) groups excluding carboxylic acids is 2. The quantitative estimate of drug-likeness (QED) is 0.811. The van der Waals surface area contributed by atoms with Gasteiger partial charge in [-0.05, 0) is 24.3 Å². The van der Waals surface area contributed by atoms with Crippen molar-refractivity contribution in [2.24, 2.45) is 0 Å². The van der Waals surface area contributed by atoms with E-state index in [1.54, 1.807) is 12.3 Å². The van der Waals surface area contributed by atoms with Crippen molar-refractivity contribution in [2.75, 3.05) is 18.9 Å². The highest BCUT2D eigenvalue weighted by atomic mass is 32.1. The normalized spacial score (nSPS) is 11.0. The second-order valence-electron chi connectivity index (χ2n) is 5.17. The fourth-order valence-electron chi connectivity index (χ4n) is 2.11. The molecule has 0 spiro atoms. The molecule has 0 unspecified atom stereocenters. The summed E-state index contributed by atoms with van der Waals surface area (Å²) < 4.78 is 39.0. The number of nitrogens with zero attached hydrogens (tertiary/aromatic N) is 1. The number of rotatable bonds is 4. The topological polar surface area (TPSA) is 65.2 Å². The number of pyridine rings is 1. The molecule has 2 N–H and O–H groups in total. The summed E-state index contributed by atoms with van der Waals surface area (Å²) in [5.41, 5.74) is -1.12. The Labute approximate surface area is 146 Å². The van der Waals surface area contributed by atoms with E-state index in [4.69, 9.17) is 12.2 Å². The summed E-state index contributed by atoms with van der Waals surface area (Å²) in [6.07, 6.45) is -3.04. The minimum Gasteiger partial charge on any atom is -0.352 e. The Morgan fingerprint density at radius 2 is 1.88 bits per heavy atom. The van der Waals surface area contributed by atoms with Crippen LogP contribution in [0.25, 0.3) is 0 Å². The molecule has 132 valence electrons. The summed E-state index contributed by atoms with van der Waals surface area (Å²) in [6.45, 7) is -0.422. The molecule has 1 aromatic heterocycles. The van der Waals surface area contributed by atoms with Crippen LogP contribution in [0, 0.1) is 4.64 Å². The number of para-hydroxylation sites is 1. The molecule has 9 heteroatoms. The molecular formula is C16H14F3N3O2S. The molecule has 2 aromatic rings. The smallest absolute Gasteiger partial charge is 0.352 e. The van der Waals surface area contributed by atoms with Crippen LogP contribution in [0.3, 0.4) is 0 Å². The fraction of sp³-hybridized carbons (Fsp3) is 0.188. The van der Waals surface area contributed by atoms with Crippen LogP contribution < -0.4 is 5.32 Å². The number of nitrogens with one attached hydrogen (secondary N) is 2. The zero-order chi connectivity index (χ0) is 18.6. The van der Waals surface area contributed by atoms with Gasteiger partial charge in [0, 0.05) is 13.2 Å². The summed E-state index contributed by atoms with van der Waals surface area (Å²) in [7, 11) is 1.36. The van der Waals surface area contributed by atoms with Gasteiger partial charge in [0.05, 0.1) is 23.4 Å². The van der Waals surface area contributed by atoms with E-state index in [9.17, 15) is 22.8 Å². The van der Waals surface area contributed by atoms with Gasteiger partial charge in [0.1, 0.15) is 4.64 Å². The number of alkyl halides is 3. The van der Waals surface area contributed by atoms with E-state index in [0.29, 0.717) is 0 Å². The van der Waals surface area contributed by atoms with Crippen molar-refractivity contribution in [3.05, 3.63) is 58.4 Å². The van der Waals surface area contributed by atoms with Crippen LogP contribution in [0.5, 0.6) is 0 Å². The third-order valence-corrected chi connectivity index (χ3v) is 3.62. The molecule has 0 radical (unpaired) electrons. The number of H-pyrrole nitrogens is 1. The van der Waals surface area contributed by atoms with E-state index in [2.05, 4.69) is 10.3 Å². The molecule has 0 saturated heterocycles. The summed E-state index contributed by atoms with van der Waals surface area (Å²) in [4.78, 5) is 28.0. The highest BCUT2D eigenvalue weighted by molar-refractivity contribution is 7.71. The van der Waals surface area contributed by atoms with E-state index in [-0.39, 0.29) is 15.9 Å². The molecule has 1 heterocycles. The largest absolute Gasteiger partial charge is 0.418 e. The maximum Gasteiger partial charge on any atom is 0.418 e. The highest BCUT2D eigenvalue weighted by Crippen LogP contribution is 2.34. The molecule has 2 rings (SSSR count). The Hall–Kier alpha value is -2.68. The minimum absolute atomic E-state index is 0.198. The number of aromatic nitrogens is 1. The first-order valence-electron chi connectivity index (χ1n) is 7.09. The van der Waals surface area contributed by atoms with E-state index < -0.39 is 30.1 Å². The first kappa shape index (κ1) is 18.7. The Kier molecular flexibility index (Phi) is 5.58. The third-order valence-electron chi connectivity index (χ3n) is 3.28. The number of aromatic amines is 1. The van der Waals surface area contributed by atoms with Crippen molar-refractivity contribution in [3.63, 3.8) is 0 Å².